The van der Waals surface area contributed by atoms with Crippen LogP contribution >= 0.6 is 0 Å². The molecule has 0 saturated carbocycles. The van der Waals surface area contributed by atoms with Gasteiger partial charge in [0.2, 0.25) is 5.91 Å². The lowest BCUT2D eigenvalue weighted by molar-refractivity contribution is -0.114. The third kappa shape index (κ3) is 5.03. The summed E-state index contributed by atoms with van der Waals surface area (Å²) >= 11 is 0. The van der Waals surface area contributed by atoms with Crippen LogP contribution in [0.5, 0.6) is 0 Å². The first-order valence-electron chi connectivity index (χ1n) is 10.7. The Balaban J connectivity index is 2.00. The number of hydrogen-bond donors (Lipinski definition) is 1. The van der Waals surface area contributed by atoms with Crippen LogP contribution in [0, 0.1) is 0 Å². The molecule has 2 aromatic heterocycles. The Bertz CT molecular complexity index is 1290. The maximum absolute atomic E-state index is 13.2. The van der Waals surface area contributed by atoms with Crippen LogP contribution in [0.25, 0.3) is 11.1 Å². The van der Waals surface area contributed by atoms with Crippen molar-refractivity contribution in [3.05, 3.63) is 60.2 Å². The van der Waals surface area contributed by atoms with Gasteiger partial charge < -0.3 is 5.32 Å². The van der Waals surface area contributed by atoms with Crippen molar-refractivity contribution in [2.45, 2.75) is 51.5 Å². The molecule has 0 bridgehead atoms. The van der Waals surface area contributed by atoms with E-state index in [1.807, 2.05) is 27.0 Å². The minimum atomic E-state index is -3.44. The van der Waals surface area contributed by atoms with E-state index in [4.69, 9.17) is 0 Å². The summed E-state index contributed by atoms with van der Waals surface area (Å²) in [6, 6.07) is 7.87. The van der Waals surface area contributed by atoms with E-state index in [1.165, 1.54) is 25.3 Å². The van der Waals surface area contributed by atoms with Crippen LogP contribution in [0.1, 0.15) is 50.7 Å². The Labute approximate surface area is 194 Å². The number of Topliss-reactive ketones (excluding diaryl/α,β-unsaturated/α-hetero) is 1. The number of pyridine rings is 1. The van der Waals surface area contributed by atoms with Gasteiger partial charge in [-0.2, -0.15) is 5.10 Å². The highest BCUT2D eigenvalue weighted by Gasteiger charge is 2.33. The number of hydrogen-bond acceptors (Lipinski definition) is 6. The molecule has 1 amide bonds. The summed E-state index contributed by atoms with van der Waals surface area (Å²) in [5, 5.41) is 6.98. The number of rotatable bonds is 8. The van der Waals surface area contributed by atoms with E-state index in [0.717, 1.165) is 5.56 Å². The van der Waals surface area contributed by atoms with Crippen molar-refractivity contribution in [1.29, 1.82) is 0 Å². The standard InChI is InChI=1S/C24H28N4O4S/c1-6-28-15-18(14-26-28)24(4,5)23(30)22-10-8-17(13-25-22)20-12-19(33(31,32)7-2)9-11-21(20)27-16(3)29/h8-15H,6-7H2,1-5H3,(H,27,29). The van der Waals surface area contributed by atoms with E-state index in [9.17, 15) is 18.0 Å². The van der Waals surface area contributed by atoms with Gasteiger partial charge in [-0.1, -0.05) is 13.0 Å². The van der Waals surface area contributed by atoms with Gasteiger partial charge in [0.05, 0.1) is 22.3 Å². The fraction of sp³-hybridized carbons (Fsp3) is 0.333. The van der Waals surface area contributed by atoms with Crippen LogP contribution < -0.4 is 5.32 Å². The fourth-order valence-electron chi connectivity index (χ4n) is 3.42. The average Bonchev–Trinajstić information content (AvgIpc) is 3.29. The van der Waals surface area contributed by atoms with Crippen LogP contribution in [-0.2, 0) is 26.6 Å². The first-order valence-corrected chi connectivity index (χ1v) is 12.3. The lowest BCUT2D eigenvalue weighted by Crippen LogP contribution is -2.29. The van der Waals surface area contributed by atoms with Gasteiger partial charge >= 0.3 is 0 Å². The summed E-state index contributed by atoms with van der Waals surface area (Å²) in [6.45, 7) is 9.29. The Morgan fingerprint density at radius 1 is 1.09 bits per heavy atom. The van der Waals surface area contributed by atoms with Crippen LogP contribution in [0.15, 0.2) is 53.8 Å². The summed E-state index contributed by atoms with van der Waals surface area (Å²) in [7, 11) is -3.44. The highest BCUT2D eigenvalue weighted by molar-refractivity contribution is 7.91. The molecule has 0 unspecified atom stereocenters. The molecule has 0 saturated heterocycles. The average molecular weight is 469 g/mol. The quantitative estimate of drug-likeness (QED) is 0.502. The van der Waals surface area contributed by atoms with Gasteiger partial charge in [0.1, 0.15) is 5.69 Å². The molecule has 1 aromatic carbocycles. The topological polar surface area (TPSA) is 111 Å². The highest BCUT2D eigenvalue weighted by atomic mass is 32.2. The van der Waals surface area contributed by atoms with Gasteiger partial charge in [0.15, 0.2) is 15.6 Å². The summed E-state index contributed by atoms with van der Waals surface area (Å²) < 4.78 is 26.5. The van der Waals surface area contributed by atoms with Gasteiger partial charge in [-0.3, -0.25) is 19.3 Å². The molecule has 0 aliphatic rings. The zero-order chi connectivity index (χ0) is 24.4. The summed E-state index contributed by atoms with van der Waals surface area (Å²) in [4.78, 5) is 29.4. The molecule has 0 aliphatic heterocycles. The van der Waals surface area contributed by atoms with Crippen molar-refractivity contribution >= 4 is 27.2 Å². The first kappa shape index (κ1) is 24.3. The summed E-state index contributed by atoms with van der Waals surface area (Å²) in [5.41, 5.74) is 1.82. The zero-order valence-corrected chi connectivity index (χ0v) is 20.2. The number of amides is 1. The van der Waals surface area contributed by atoms with Gasteiger partial charge in [-0.15, -0.1) is 0 Å². The number of ketones is 1. The summed E-state index contributed by atoms with van der Waals surface area (Å²) in [6.07, 6.45) is 5.06. The van der Waals surface area contributed by atoms with Crippen LogP contribution in [0.4, 0.5) is 5.69 Å². The van der Waals surface area contributed by atoms with Gasteiger partial charge in [0, 0.05) is 48.2 Å². The molecular weight excluding hydrogens is 440 g/mol. The van der Waals surface area contributed by atoms with E-state index in [0.29, 0.717) is 23.4 Å². The molecule has 9 heteroatoms. The zero-order valence-electron chi connectivity index (χ0n) is 19.4. The predicted octanol–water partition coefficient (Wildman–Crippen LogP) is 3.88. The molecule has 0 aliphatic carbocycles. The maximum Gasteiger partial charge on any atom is 0.221 e. The highest BCUT2D eigenvalue weighted by Crippen LogP contribution is 2.32. The van der Waals surface area contributed by atoms with Crippen molar-refractivity contribution in [3.63, 3.8) is 0 Å². The van der Waals surface area contributed by atoms with Gasteiger partial charge in [-0.25, -0.2) is 8.42 Å². The van der Waals surface area contributed by atoms with E-state index >= 15 is 0 Å². The molecule has 174 valence electrons. The Kier molecular flexibility index (Phi) is 6.83. The van der Waals surface area contributed by atoms with Crippen molar-refractivity contribution < 1.29 is 18.0 Å². The second-order valence-corrected chi connectivity index (χ2v) is 10.5. The third-order valence-corrected chi connectivity index (χ3v) is 7.33. The Morgan fingerprint density at radius 3 is 2.36 bits per heavy atom. The smallest absolute Gasteiger partial charge is 0.221 e. The van der Waals surface area contributed by atoms with Gasteiger partial charge in [-0.05, 0) is 45.0 Å². The second-order valence-electron chi connectivity index (χ2n) is 8.26. The number of anilines is 1. The van der Waals surface area contributed by atoms with Crippen LogP contribution in [0.2, 0.25) is 0 Å². The fourth-order valence-corrected chi connectivity index (χ4v) is 4.33. The van der Waals surface area contributed by atoms with Crippen molar-refractivity contribution in [1.82, 2.24) is 14.8 Å². The molecular formula is C24H28N4O4S. The van der Waals surface area contributed by atoms with Crippen LogP contribution in [-0.4, -0.2) is 40.6 Å². The van der Waals surface area contributed by atoms with Gasteiger partial charge in [0.25, 0.3) is 0 Å². The van der Waals surface area contributed by atoms with Crippen molar-refractivity contribution in [3.8, 4) is 11.1 Å². The Hall–Kier alpha value is -3.33. The normalized spacial score (nSPS) is 11.9. The number of nitrogens with one attached hydrogen (secondary N) is 1. The lowest BCUT2D eigenvalue weighted by Gasteiger charge is -2.21. The van der Waals surface area contributed by atoms with Crippen molar-refractivity contribution in [2.75, 3.05) is 11.1 Å². The molecule has 0 radical (unpaired) electrons. The van der Waals surface area contributed by atoms with E-state index in [2.05, 4.69) is 15.4 Å². The predicted molar refractivity (Wildman–Crippen MR) is 127 cm³/mol. The molecule has 3 aromatic rings. The van der Waals surface area contributed by atoms with Crippen molar-refractivity contribution in [2.24, 2.45) is 0 Å². The number of benzene rings is 1. The number of aryl methyl sites for hydroxylation is 1. The molecule has 0 spiro atoms. The molecule has 0 fully saturated rings. The number of carbonyl (C=O) groups is 2. The first-order chi connectivity index (χ1) is 15.5. The number of sulfone groups is 1. The lowest BCUT2D eigenvalue weighted by atomic mass is 9.81. The molecule has 0 atom stereocenters. The van der Waals surface area contributed by atoms with E-state index < -0.39 is 15.3 Å². The minimum Gasteiger partial charge on any atom is -0.326 e. The third-order valence-electron chi connectivity index (χ3n) is 5.59. The maximum atomic E-state index is 13.2. The van der Waals surface area contributed by atoms with E-state index in [-0.39, 0.29) is 28.0 Å². The minimum absolute atomic E-state index is 0.0404. The molecule has 2 heterocycles. The number of carbonyl (C=O) groups excluding carboxylic acids is 2. The number of nitrogens with zero attached hydrogens (tertiary/aromatic N) is 3. The summed E-state index contributed by atoms with van der Waals surface area (Å²) in [5.74, 6) is -0.480. The monoisotopic (exact) mass is 468 g/mol. The second kappa shape index (κ2) is 9.27. The van der Waals surface area contributed by atoms with E-state index in [1.54, 1.807) is 36.0 Å². The molecule has 8 nitrogen and oxygen atoms in total. The SMILES string of the molecule is CCn1cc(C(C)(C)C(=O)c2ccc(-c3cc(S(=O)(=O)CC)ccc3NC(C)=O)cn2)cn1. The van der Waals surface area contributed by atoms with Crippen LogP contribution in [0.3, 0.4) is 0 Å². The largest absolute Gasteiger partial charge is 0.326 e. The number of aromatic nitrogens is 3. The Morgan fingerprint density at radius 2 is 1.82 bits per heavy atom. The molecule has 1 N–H and O–H groups in total. The molecule has 3 rings (SSSR count). The molecule has 33 heavy (non-hydrogen) atoms.